The van der Waals surface area contributed by atoms with E-state index in [9.17, 15) is 0 Å². The average molecular weight is 310 g/mol. The summed E-state index contributed by atoms with van der Waals surface area (Å²) in [6.07, 6.45) is 2.39. The quantitative estimate of drug-likeness (QED) is 0.912. The number of ether oxygens (including phenoxy) is 1. The standard InChI is InChI=1S/C14H16BrNO2/c1-8-6-10-13(15)9(11-4-3-5-16-11)7-12(17-2)14(10)18-8/h6-7,11,16H,3-5H2,1-2H3. The summed E-state index contributed by atoms with van der Waals surface area (Å²) in [7, 11) is 1.69. The van der Waals surface area contributed by atoms with Crippen molar-refractivity contribution in [3.63, 3.8) is 0 Å². The van der Waals surface area contributed by atoms with Crippen LogP contribution in [0, 0.1) is 6.92 Å². The van der Waals surface area contributed by atoms with Crippen LogP contribution in [0.1, 0.15) is 30.2 Å². The Kier molecular flexibility index (Phi) is 3.08. The number of aryl methyl sites for hydroxylation is 1. The Morgan fingerprint density at radius 3 is 2.94 bits per heavy atom. The third kappa shape index (κ3) is 1.84. The highest BCUT2D eigenvalue weighted by Crippen LogP contribution is 2.41. The van der Waals surface area contributed by atoms with Gasteiger partial charge in [0.05, 0.1) is 7.11 Å². The molecule has 0 bridgehead atoms. The summed E-state index contributed by atoms with van der Waals surface area (Å²) < 4.78 is 12.3. The van der Waals surface area contributed by atoms with Crippen LogP contribution in [-0.4, -0.2) is 13.7 Å². The lowest BCUT2D eigenvalue weighted by Gasteiger charge is -2.15. The zero-order chi connectivity index (χ0) is 12.7. The molecule has 1 aliphatic rings. The van der Waals surface area contributed by atoms with Crippen LogP contribution in [0.15, 0.2) is 21.0 Å². The van der Waals surface area contributed by atoms with Crippen molar-refractivity contribution in [2.75, 3.05) is 13.7 Å². The Bertz CT molecular complexity index is 585. The van der Waals surface area contributed by atoms with E-state index >= 15 is 0 Å². The molecule has 3 nitrogen and oxygen atoms in total. The van der Waals surface area contributed by atoms with E-state index in [1.54, 1.807) is 7.11 Å². The number of methoxy groups -OCH3 is 1. The van der Waals surface area contributed by atoms with E-state index in [0.29, 0.717) is 6.04 Å². The van der Waals surface area contributed by atoms with Crippen LogP contribution < -0.4 is 10.1 Å². The molecule has 2 aromatic rings. The van der Waals surface area contributed by atoms with E-state index < -0.39 is 0 Å². The van der Waals surface area contributed by atoms with Crippen LogP contribution in [0.25, 0.3) is 11.0 Å². The van der Waals surface area contributed by atoms with Gasteiger partial charge in [-0.1, -0.05) is 0 Å². The van der Waals surface area contributed by atoms with E-state index in [1.165, 1.54) is 18.4 Å². The smallest absolute Gasteiger partial charge is 0.177 e. The Hall–Kier alpha value is -1.00. The second-order valence-corrected chi connectivity index (χ2v) is 5.52. The molecule has 1 aromatic carbocycles. The van der Waals surface area contributed by atoms with Crippen molar-refractivity contribution < 1.29 is 9.15 Å². The minimum absolute atomic E-state index is 0.410. The number of rotatable bonds is 2. The summed E-state index contributed by atoms with van der Waals surface area (Å²) in [6, 6.07) is 4.55. The fourth-order valence-corrected chi connectivity index (χ4v) is 3.33. The van der Waals surface area contributed by atoms with Crippen molar-refractivity contribution in [1.29, 1.82) is 0 Å². The Labute approximate surface area is 115 Å². The lowest BCUT2D eigenvalue weighted by atomic mass is 10.0. The molecule has 1 unspecified atom stereocenters. The van der Waals surface area contributed by atoms with Crippen molar-refractivity contribution in [3.8, 4) is 5.75 Å². The first-order chi connectivity index (χ1) is 8.70. The summed E-state index contributed by atoms with van der Waals surface area (Å²) in [5.41, 5.74) is 2.08. The lowest BCUT2D eigenvalue weighted by Crippen LogP contribution is -2.13. The molecule has 2 heterocycles. The third-order valence-electron chi connectivity index (χ3n) is 3.51. The molecule has 1 N–H and O–H groups in total. The molecule has 1 aromatic heterocycles. The van der Waals surface area contributed by atoms with Crippen molar-refractivity contribution in [1.82, 2.24) is 5.32 Å². The van der Waals surface area contributed by atoms with Crippen molar-refractivity contribution in [2.45, 2.75) is 25.8 Å². The Morgan fingerprint density at radius 1 is 1.44 bits per heavy atom. The Morgan fingerprint density at radius 2 is 2.28 bits per heavy atom. The van der Waals surface area contributed by atoms with E-state index in [1.807, 2.05) is 6.92 Å². The van der Waals surface area contributed by atoms with Crippen molar-refractivity contribution in [3.05, 3.63) is 27.9 Å². The number of furan rings is 1. The molecule has 0 radical (unpaired) electrons. The number of halogens is 1. The van der Waals surface area contributed by atoms with Crippen LogP contribution in [0.2, 0.25) is 0 Å². The zero-order valence-corrected chi connectivity index (χ0v) is 12.1. The van der Waals surface area contributed by atoms with E-state index in [-0.39, 0.29) is 0 Å². The second kappa shape index (κ2) is 4.59. The molecule has 0 amide bonds. The summed E-state index contributed by atoms with van der Waals surface area (Å²) in [6.45, 7) is 3.04. The van der Waals surface area contributed by atoms with Gasteiger partial charge in [-0.15, -0.1) is 0 Å². The largest absolute Gasteiger partial charge is 0.493 e. The lowest BCUT2D eigenvalue weighted by molar-refractivity contribution is 0.407. The summed E-state index contributed by atoms with van der Waals surface area (Å²) in [5.74, 6) is 1.71. The maximum absolute atomic E-state index is 5.71. The van der Waals surface area contributed by atoms with Gasteiger partial charge in [0.25, 0.3) is 0 Å². The first kappa shape index (κ1) is 12.1. The number of benzene rings is 1. The molecule has 0 spiro atoms. The number of nitrogens with one attached hydrogen (secondary N) is 1. The monoisotopic (exact) mass is 309 g/mol. The van der Waals surface area contributed by atoms with Crippen molar-refractivity contribution in [2.24, 2.45) is 0 Å². The fraction of sp³-hybridized carbons (Fsp3) is 0.429. The topological polar surface area (TPSA) is 34.4 Å². The highest BCUT2D eigenvalue weighted by atomic mass is 79.9. The first-order valence-electron chi connectivity index (χ1n) is 6.20. The van der Waals surface area contributed by atoms with Crippen LogP contribution in [0.5, 0.6) is 5.75 Å². The predicted octanol–water partition coefficient (Wildman–Crippen LogP) is 3.94. The van der Waals surface area contributed by atoms with Crippen LogP contribution >= 0.6 is 15.9 Å². The SMILES string of the molecule is COc1cc(C2CCCN2)c(Br)c2cc(C)oc12. The predicted molar refractivity (Wildman–Crippen MR) is 75.2 cm³/mol. The summed E-state index contributed by atoms with van der Waals surface area (Å²) in [4.78, 5) is 0. The highest BCUT2D eigenvalue weighted by Gasteiger charge is 2.23. The minimum atomic E-state index is 0.410. The van der Waals surface area contributed by atoms with Gasteiger partial charge in [-0.05, 0) is 59.9 Å². The Balaban J connectivity index is 2.22. The second-order valence-electron chi connectivity index (χ2n) is 4.73. The molecule has 3 rings (SSSR count). The van der Waals surface area contributed by atoms with E-state index in [2.05, 4.69) is 33.4 Å². The average Bonchev–Trinajstić information content (AvgIpc) is 2.98. The molecular weight excluding hydrogens is 294 g/mol. The van der Waals surface area contributed by atoms with E-state index in [4.69, 9.17) is 9.15 Å². The van der Waals surface area contributed by atoms with Gasteiger partial charge in [-0.3, -0.25) is 0 Å². The molecule has 1 atom stereocenters. The van der Waals surface area contributed by atoms with Crippen molar-refractivity contribution >= 4 is 26.9 Å². The molecule has 96 valence electrons. The minimum Gasteiger partial charge on any atom is -0.493 e. The van der Waals surface area contributed by atoms with Crippen LogP contribution in [0.4, 0.5) is 0 Å². The van der Waals surface area contributed by atoms with Gasteiger partial charge >= 0.3 is 0 Å². The third-order valence-corrected chi connectivity index (χ3v) is 4.40. The van der Waals surface area contributed by atoms with Gasteiger partial charge in [-0.2, -0.15) is 0 Å². The highest BCUT2D eigenvalue weighted by molar-refractivity contribution is 9.10. The summed E-state index contributed by atoms with van der Waals surface area (Å²) in [5, 5.41) is 4.61. The molecule has 0 aliphatic carbocycles. The van der Waals surface area contributed by atoms with Gasteiger partial charge in [0.2, 0.25) is 0 Å². The van der Waals surface area contributed by atoms with Gasteiger partial charge in [0.1, 0.15) is 5.76 Å². The van der Waals surface area contributed by atoms with E-state index in [0.717, 1.165) is 33.5 Å². The molecule has 1 fully saturated rings. The zero-order valence-electron chi connectivity index (χ0n) is 10.5. The molecule has 0 saturated carbocycles. The maximum Gasteiger partial charge on any atom is 0.177 e. The number of hydrogen-bond acceptors (Lipinski definition) is 3. The van der Waals surface area contributed by atoms with Crippen LogP contribution in [-0.2, 0) is 0 Å². The molecule has 18 heavy (non-hydrogen) atoms. The molecular formula is C14H16BrNO2. The van der Waals surface area contributed by atoms with Gasteiger partial charge in [0, 0.05) is 15.9 Å². The van der Waals surface area contributed by atoms with Crippen LogP contribution in [0.3, 0.4) is 0 Å². The molecule has 1 aliphatic heterocycles. The molecule has 4 heteroatoms. The fourth-order valence-electron chi connectivity index (χ4n) is 2.64. The van der Waals surface area contributed by atoms with Gasteiger partial charge < -0.3 is 14.5 Å². The summed E-state index contributed by atoms with van der Waals surface area (Å²) >= 11 is 3.71. The first-order valence-corrected chi connectivity index (χ1v) is 7.00. The number of fused-ring (bicyclic) bond motifs is 1. The van der Waals surface area contributed by atoms with Gasteiger partial charge in [0.15, 0.2) is 11.3 Å². The molecule has 1 saturated heterocycles. The normalized spacial score (nSPS) is 19.6. The number of hydrogen-bond donors (Lipinski definition) is 1. The van der Waals surface area contributed by atoms with Gasteiger partial charge in [-0.25, -0.2) is 0 Å². The maximum atomic E-state index is 5.71.